The molecule has 15 heteroatoms. The van der Waals surface area contributed by atoms with Crippen molar-refractivity contribution >= 4 is 35.2 Å². The minimum atomic E-state index is -1.11. The molecule has 4 aliphatic heterocycles. The predicted molar refractivity (Wildman–Crippen MR) is 235 cm³/mol. The first-order valence-electron chi connectivity index (χ1n) is 21.8. The summed E-state index contributed by atoms with van der Waals surface area (Å²) in [4.78, 5) is 87.9. The Kier molecular flexibility index (Phi) is 12.7. The number of anilines is 1. The highest BCUT2D eigenvalue weighted by Gasteiger charge is 2.45. The van der Waals surface area contributed by atoms with Crippen molar-refractivity contribution in [2.75, 3.05) is 50.8 Å². The Bertz CT molecular complexity index is 2530. The number of hydrogen-bond acceptors (Lipinski definition) is 10. The van der Waals surface area contributed by atoms with Gasteiger partial charge in [-0.15, -0.1) is 0 Å². The molecule has 3 saturated heterocycles. The molecule has 63 heavy (non-hydrogen) atoms. The monoisotopic (exact) mass is 859 g/mol. The summed E-state index contributed by atoms with van der Waals surface area (Å²) in [5.74, 6) is -3.38. The first-order valence-corrected chi connectivity index (χ1v) is 21.8. The molecule has 1 atom stereocenters. The zero-order chi connectivity index (χ0) is 44.5. The molecule has 0 bridgehead atoms. The Morgan fingerprint density at radius 1 is 0.841 bits per heavy atom. The first-order chi connectivity index (χ1) is 30.3. The second kappa shape index (κ2) is 18.4. The Hall–Kier alpha value is -6.03. The van der Waals surface area contributed by atoms with Crippen molar-refractivity contribution in [3.05, 3.63) is 121 Å². The van der Waals surface area contributed by atoms with Gasteiger partial charge in [0.2, 0.25) is 11.8 Å². The molecule has 0 radical (unpaired) electrons. The van der Waals surface area contributed by atoms with Crippen LogP contribution in [0.1, 0.15) is 97.2 Å². The van der Waals surface area contributed by atoms with Crippen LogP contribution in [-0.4, -0.2) is 107 Å². The lowest BCUT2D eigenvalue weighted by molar-refractivity contribution is -0.136. The van der Waals surface area contributed by atoms with Gasteiger partial charge in [0, 0.05) is 106 Å². The highest BCUT2D eigenvalue weighted by atomic mass is 19.1. The van der Waals surface area contributed by atoms with Gasteiger partial charge in [-0.05, 0) is 105 Å². The summed E-state index contributed by atoms with van der Waals surface area (Å²) in [5, 5.41) is 5.21. The topological polar surface area (TPSA) is 164 Å². The number of ether oxygens (including phenoxy) is 1. The fourth-order valence-electron chi connectivity index (χ4n) is 9.45. The van der Waals surface area contributed by atoms with Crippen LogP contribution in [-0.2, 0) is 34.0 Å². The van der Waals surface area contributed by atoms with Crippen molar-refractivity contribution in [3.63, 3.8) is 0 Å². The van der Waals surface area contributed by atoms with Crippen molar-refractivity contribution in [3.8, 4) is 11.1 Å². The number of pyridine rings is 1. The molecule has 3 fully saturated rings. The molecule has 5 heterocycles. The zero-order valence-electron chi connectivity index (χ0n) is 36.3. The fourth-order valence-corrected chi connectivity index (χ4v) is 9.45. The molecule has 8 rings (SSSR count). The number of piperazine rings is 1. The van der Waals surface area contributed by atoms with Gasteiger partial charge in [-0.1, -0.05) is 24.3 Å². The van der Waals surface area contributed by atoms with Crippen molar-refractivity contribution in [1.82, 2.24) is 30.3 Å². The van der Waals surface area contributed by atoms with Gasteiger partial charge in [0.1, 0.15) is 11.9 Å². The molecule has 1 unspecified atom stereocenters. The summed E-state index contributed by atoms with van der Waals surface area (Å²) in [6.07, 6.45) is 1.84. The number of nitrogens with zero attached hydrogens (tertiary/aromatic N) is 4. The molecule has 1 aromatic heterocycles. The Balaban J connectivity index is 0.935. The highest BCUT2D eigenvalue weighted by Crippen LogP contribution is 2.35. The van der Waals surface area contributed by atoms with Gasteiger partial charge in [-0.3, -0.25) is 48.8 Å². The average Bonchev–Trinajstić information content (AvgIpc) is 3.49. The molecule has 0 spiro atoms. The molecular weight excluding hydrogens is 806 g/mol. The Morgan fingerprint density at radius 2 is 1.51 bits per heavy atom. The van der Waals surface area contributed by atoms with E-state index in [0.717, 1.165) is 82.6 Å². The van der Waals surface area contributed by atoms with Crippen LogP contribution in [0.15, 0.2) is 59.4 Å². The minimum Gasteiger partial charge on any atom is -0.381 e. The summed E-state index contributed by atoms with van der Waals surface area (Å²) >= 11 is 0. The number of amides is 5. The van der Waals surface area contributed by atoms with E-state index in [1.54, 1.807) is 0 Å². The number of aromatic amines is 1. The summed E-state index contributed by atoms with van der Waals surface area (Å²) in [6.45, 7) is 13.9. The van der Waals surface area contributed by atoms with Crippen LogP contribution in [0.3, 0.4) is 0 Å². The molecule has 0 saturated carbocycles. The van der Waals surface area contributed by atoms with E-state index in [4.69, 9.17) is 4.74 Å². The third kappa shape index (κ3) is 9.08. The van der Waals surface area contributed by atoms with Crippen LogP contribution in [0.25, 0.3) is 11.1 Å². The predicted octanol–water partition coefficient (Wildman–Crippen LogP) is 4.76. The second-order valence-electron chi connectivity index (χ2n) is 17.1. The number of hydrogen-bond donors (Lipinski definition) is 3. The minimum absolute atomic E-state index is 0.00833. The van der Waals surface area contributed by atoms with E-state index in [1.807, 2.05) is 32.9 Å². The van der Waals surface area contributed by atoms with Crippen molar-refractivity contribution in [2.24, 2.45) is 0 Å². The van der Waals surface area contributed by atoms with Gasteiger partial charge in [-0.25, -0.2) is 4.39 Å². The van der Waals surface area contributed by atoms with E-state index < -0.39 is 35.5 Å². The van der Waals surface area contributed by atoms with Gasteiger partial charge >= 0.3 is 0 Å². The van der Waals surface area contributed by atoms with Crippen molar-refractivity contribution < 1.29 is 33.1 Å². The molecule has 3 aromatic carbocycles. The van der Waals surface area contributed by atoms with Gasteiger partial charge in [-0.2, -0.15) is 0 Å². The number of fused-ring (bicyclic) bond motifs is 1. The molecule has 3 N–H and O–H groups in total. The van der Waals surface area contributed by atoms with E-state index in [-0.39, 0.29) is 54.6 Å². The molecule has 14 nitrogen and oxygen atoms in total. The number of benzene rings is 3. The van der Waals surface area contributed by atoms with Gasteiger partial charge < -0.3 is 19.9 Å². The van der Waals surface area contributed by atoms with Crippen LogP contribution < -0.4 is 21.1 Å². The Labute approximate surface area is 365 Å². The normalized spacial score (nSPS) is 18.7. The standard InChI is InChI=1S/C48H54FN7O7/c1-5-55(35-12-18-63-19-13-35)42-23-33(21-36(30(42)4)44(58)50-25-39-28(2)20-29(3)51-45(39)59)32-8-6-31(7-9-32)26-53-14-16-54(17-15-53)27-34-22-37-38(24-40(34)49)48(62)56(47(37)61)41-10-11-43(57)52-46(41)60/h6-9,20-24,35,41H,5,10-19,25-27H2,1-4H3,(H,50,58)(H,51,59)(H,52,57,60). The maximum Gasteiger partial charge on any atom is 0.262 e. The third-order valence-electron chi connectivity index (χ3n) is 13.0. The fraction of sp³-hybridized carbons (Fsp3) is 0.417. The summed E-state index contributed by atoms with van der Waals surface area (Å²) in [5.41, 5.74) is 7.69. The van der Waals surface area contributed by atoms with E-state index in [9.17, 15) is 28.8 Å². The summed E-state index contributed by atoms with van der Waals surface area (Å²) < 4.78 is 21.1. The van der Waals surface area contributed by atoms with Gasteiger partial charge in [0.25, 0.3) is 23.3 Å². The summed E-state index contributed by atoms with van der Waals surface area (Å²) in [6, 6.07) is 16.1. The molecule has 4 aliphatic rings. The maximum atomic E-state index is 15.4. The smallest absolute Gasteiger partial charge is 0.262 e. The lowest BCUT2D eigenvalue weighted by Gasteiger charge is -2.37. The van der Waals surface area contributed by atoms with Crippen molar-refractivity contribution in [1.29, 1.82) is 0 Å². The molecule has 330 valence electrons. The number of aryl methyl sites for hydroxylation is 2. The zero-order valence-corrected chi connectivity index (χ0v) is 36.3. The maximum absolute atomic E-state index is 15.4. The van der Waals surface area contributed by atoms with E-state index >= 15 is 4.39 Å². The van der Waals surface area contributed by atoms with Crippen LogP contribution in [0, 0.1) is 26.6 Å². The highest BCUT2D eigenvalue weighted by molar-refractivity contribution is 6.23. The molecule has 5 amide bonds. The number of carbonyl (C=O) groups excluding carboxylic acids is 5. The first kappa shape index (κ1) is 43.6. The van der Waals surface area contributed by atoms with Crippen LogP contribution in [0.2, 0.25) is 0 Å². The number of H-pyrrole nitrogens is 1. The average molecular weight is 860 g/mol. The van der Waals surface area contributed by atoms with Crippen LogP contribution in [0.4, 0.5) is 10.1 Å². The number of carbonyl (C=O) groups is 5. The van der Waals surface area contributed by atoms with E-state index in [2.05, 4.69) is 67.6 Å². The Morgan fingerprint density at radius 3 is 2.16 bits per heavy atom. The lowest BCUT2D eigenvalue weighted by atomic mass is 9.94. The largest absolute Gasteiger partial charge is 0.381 e. The van der Waals surface area contributed by atoms with Crippen molar-refractivity contribution in [2.45, 2.75) is 85.1 Å². The van der Waals surface area contributed by atoms with Crippen LogP contribution in [0.5, 0.6) is 0 Å². The quantitative estimate of drug-likeness (QED) is 0.169. The van der Waals surface area contributed by atoms with Crippen LogP contribution >= 0.6 is 0 Å². The van der Waals surface area contributed by atoms with E-state index in [1.165, 1.54) is 6.07 Å². The molecule has 0 aliphatic carbocycles. The number of rotatable bonds is 12. The number of aromatic nitrogens is 1. The third-order valence-corrected chi connectivity index (χ3v) is 13.0. The summed E-state index contributed by atoms with van der Waals surface area (Å²) in [7, 11) is 0. The number of piperidine rings is 1. The number of imide groups is 2. The molecule has 4 aromatic rings. The number of halogens is 1. The van der Waals surface area contributed by atoms with Gasteiger partial charge in [0.05, 0.1) is 11.1 Å². The molecular formula is C48H54FN7O7. The van der Waals surface area contributed by atoms with Gasteiger partial charge in [0.15, 0.2) is 0 Å². The van der Waals surface area contributed by atoms with E-state index in [0.29, 0.717) is 49.5 Å². The lowest BCUT2D eigenvalue weighted by Crippen LogP contribution is -2.54. The number of nitrogens with one attached hydrogen (secondary N) is 3. The SMILES string of the molecule is CCN(c1cc(-c2ccc(CN3CCN(Cc4cc5c(cc4F)C(=O)N(C4CCC(=O)NC4=O)C5=O)CC3)cc2)cc(C(=O)NCc2c(C)cc(C)[nH]c2=O)c1C)C1CCOCC1. The second-order valence-corrected chi connectivity index (χ2v) is 17.1.